The lowest BCUT2D eigenvalue weighted by Gasteiger charge is -2.12. The maximum atomic E-state index is 5.98. The van der Waals surface area contributed by atoms with Crippen LogP contribution in [0.25, 0.3) is 0 Å². The van der Waals surface area contributed by atoms with Crippen molar-refractivity contribution in [2.45, 2.75) is 45.7 Å². The van der Waals surface area contributed by atoms with Gasteiger partial charge in [-0.2, -0.15) is 0 Å². The number of benzene rings is 1. The molecule has 2 aromatic rings. The summed E-state index contributed by atoms with van der Waals surface area (Å²) in [5.74, 6) is 2.99. The smallest absolute Gasteiger partial charge is 0.224 e. The molecule has 0 amide bonds. The van der Waals surface area contributed by atoms with E-state index in [4.69, 9.17) is 9.47 Å². The van der Waals surface area contributed by atoms with Crippen molar-refractivity contribution in [3.63, 3.8) is 0 Å². The second-order valence-corrected chi connectivity index (χ2v) is 6.50. The summed E-state index contributed by atoms with van der Waals surface area (Å²) in [4.78, 5) is 9.05. The van der Waals surface area contributed by atoms with Gasteiger partial charge in [0, 0.05) is 24.3 Å². The van der Waals surface area contributed by atoms with Crippen LogP contribution in [0, 0.1) is 0 Å². The van der Waals surface area contributed by atoms with Crippen molar-refractivity contribution in [1.29, 1.82) is 0 Å². The minimum absolute atomic E-state index is 0. The first-order valence-electron chi connectivity index (χ1n) is 9.68. The van der Waals surface area contributed by atoms with E-state index in [1.54, 1.807) is 6.20 Å². The second kappa shape index (κ2) is 11.7. The van der Waals surface area contributed by atoms with Crippen molar-refractivity contribution < 1.29 is 9.47 Å². The normalized spacial score (nSPS) is 13.4. The van der Waals surface area contributed by atoms with E-state index in [1.807, 2.05) is 36.4 Å². The molecule has 0 unspecified atom stereocenters. The van der Waals surface area contributed by atoms with E-state index < -0.39 is 0 Å². The second-order valence-electron chi connectivity index (χ2n) is 6.50. The van der Waals surface area contributed by atoms with Crippen molar-refractivity contribution >= 4 is 29.9 Å². The Morgan fingerprint density at radius 2 is 1.89 bits per heavy atom. The highest BCUT2D eigenvalue weighted by atomic mass is 127. The molecule has 0 spiro atoms. The minimum Gasteiger partial charge on any atom is -0.494 e. The van der Waals surface area contributed by atoms with Gasteiger partial charge in [0.2, 0.25) is 5.88 Å². The molecule has 28 heavy (non-hydrogen) atoms. The summed E-state index contributed by atoms with van der Waals surface area (Å²) in [5, 5.41) is 6.70. The Bertz CT molecular complexity index is 748. The largest absolute Gasteiger partial charge is 0.494 e. The van der Waals surface area contributed by atoms with Gasteiger partial charge in [-0.05, 0) is 56.5 Å². The van der Waals surface area contributed by atoms with Crippen LogP contribution >= 0.6 is 24.0 Å². The summed E-state index contributed by atoms with van der Waals surface area (Å²) in [5.41, 5.74) is 0.941. The average molecular weight is 496 g/mol. The Morgan fingerprint density at radius 1 is 1.14 bits per heavy atom. The Hall–Kier alpha value is -2.03. The number of halogens is 1. The van der Waals surface area contributed by atoms with Gasteiger partial charge >= 0.3 is 0 Å². The number of aliphatic imine (C=N–C) groups is 1. The number of nitrogens with one attached hydrogen (secondary N) is 2. The summed E-state index contributed by atoms with van der Waals surface area (Å²) >= 11 is 0. The molecule has 152 valence electrons. The predicted molar refractivity (Wildman–Crippen MR) is 123 cm³/mol. The molecule has 1 saturated carbocycles. The Labute approximate surface area is 184 Å². The van der Waals surface area contributed by atoms with Crippen LogP contribution in [-0.2, 0) is 6.54 Å². The molecular weight excluding hydrogens is 467 g/mol. The zero-order chi connectivity index (χ0) is 18.9. The quantitative estimate of drug-likeness (QED) is 0.304. The summed E-state index contributed by atoms with van der Waals surface area (Å²) in [6, 6.07) is 12.1. The standard InChI is InChI=1S/C21H28N4O2.HI/c1-3-14-26-18-9-11-19(12-10-18)27-20-16(6-5-13-23-20)15-24-21(22-4-2)25-17-7-8-17;/h5-6,9-13,17H,3-4,7-8,14-15H2,1-2H3,(H2,22,24,25);1H. The molecule has 1 aromatic carbocycles. The number of ether oxygens (including phenoxy) is 2. The summed E-state index contributed by atoms with van der Waals surface area (Å²) in [6.45, 7) is 6.21. The van der Waals surface area contributed by atoms with E-state index in [0.717, 1.165) is 36.0 Å². The van der Waals surface area contributed by atoms with Crippen LogP contribution in [0.1, 0.15) is 38.7 Å². The monoisotopic (exact) mass is 496 g/mol. The van der Waals surface area contributed by atoms with E-state index in [2.05, 4.69) is 34.5 Å². The molecule has 1 aromatic heterocycles. The van der Waals surface area contributed by atoms with Gasteiger partial charge in [0.25, 0.3) is 0 Å². The summed E-state index contributed by atoms with van der Waals surface area (Å²) in [7, 11) is 0. The molecule has 7 heteroatoms. The number of rotatable bonds is 9. The first kappa shape index (κ1) is 22.3. The Kier molecular flexibility index (Phi) is 9.33. The van der Waals surface area contributed by atoms with E-state index >= 15 is 0 Å². The fourth-order valence-electron chi connectivity index (χ4n) is 2.48. The molecule has 0 bridgehead atoms. The van der Waals surface area contributed by atoms with Crippen LogP contribution < -0.4 is 20.1 Å². The van der Waals surface area contributed by atoms with Crippen molar-refractivity contribution in [1.82, 2.24) is 15.6 Å². The van der Waals surface area contributed by atoms with Gasteiger partial charge in [0.05, 0.1) is 13.2 Å². The number of pyridine rings is 1. The topological polar surface area (TPSA) is 67.8 Å². The molecule has 6 nitrogen and oxygen atoms in total. The zero-order valence-corrected chi connectivity index (χ0v) is 18.8. The van der Waals surface area contributed by atoms with Crippen molar-refractivity contribution in [3.05, 3.63) is 48.2 Å². The molecule has 0 saturated heterocycles. The predicted octanol–water partition coefficient (Wildman–Crippen LogP) is 4.50. The SMILES string of the molecule is CCCOc1ccc(Oc2ncccc2CN=C(NCC)NC2CC2)cc1.I. The zero-order valence-electron chi connectivity index (χ0n) is 16.5. The van der Waals surface area contributed by atoms with Crippen molar-refractivity contribution in [2.24, 2.45) is 4.99 Å². The van der Waals surface area contributed by atoms with Gasteiger partial charge in [0.1, 0.15) is 11.5 Å². The lowest BCUT2D eigenvalue weighted by atomic mass is 10.2. The highest BCUT2D eigenvalue weighted by molar-refractivity contribution is 14.0. The van der Waals surface area contributed by atoms with Gasteiger partial charge in [-0.3, -0.25) is 0 Å². The third-order valence-electron chi connectivity index (χ3n) is 4.03. The summed E-state index contributed by atoms with van der Waals surface area (Å²) in [6.07, 6.45) is 5.14. The Balaban J connectivity index is 0.00000280. The minimum atomic E-state index is 0. The third kappa shape index (κ3) is 7.18. The van der Waals surface area contributed by atoms with Gasteiger partial charge in [-0.25, -0.2) is 9.98 Å². The molecule has 3 rings (SSSR count). The van der Waals surface area contributed by atoms with Crippen LogP contribution in [-0.4, -0.2) is 30.1 Å². The molecule has 1 heterocycles. The molecule has 0 atom stereocenters. The third-order valence-corrected chi connectivity index (χ3v) is 4.03. The van der Waals surface area contributed by atoms with E-state index in [9.17, 15) is 0 Å². The first-order chi connectivity index (χ1) is 13.3. The molecule has 2 N–H and O–H groups in total. The molecule has 1 aliphatic rings. The van der Waals surface area contributed by atoms with E-state index in [-0.39, 0.29) is 24.0 Å². The van der Waals surface area contributed by atoms with Crippen molar-refractivity contribution in [3.8, 4) is 17.4 Å². The number of hydrogen-bond acceptors (Lipinski definition) is 4. The van der Waals surface area contributed by atoms with Gasteiger partial charge in [0.15, 0.2) is 5.96 Å². The molecule has 1 aliphatic carbocycles. The lowest BCUT2D eigenvalue weighted by Crippen LogP contribution is -2.38. The Morgan fingerprint density at radius 3 is 2.57 bits per heavy atom. The van der Waals surface area contributed by atoms with Gasteiger partial charge in [-0.1, -0.05) is 13.0 Å². The number of hydrogen-bond donors (Lipinski definition) is 2. The van der Waals surface area contributed by atoms with Crippen molar-refractivity contribution in [2.75, 3.05) is 13.2 Å². The van der Waals surface area contributed by atoms with E-state index in [0.29, 0.717) is 25.1 Å². The maximum Gasteiger partial charge on any atom is 0.224 e. The van der Waals surface area contributed by atoms with Crippen LogP contribution in [0.15, 0.2) is 47.6 Å². The average Bonchev–Trinajstić information content (AvgIpc) is 3.51. The molecule has 0 radical (unpaired) electrons. The number of guanidine groups is 1. The van der Waals surface area contributed by atoms with Crippen LogP contribution in [0.5, 0.6) is 17.4 Å². The molecular formula is C21H29IN4O2. The first-order valence-corrected chi connectivity index (χ1v) is 9.68. The molecule has 1 fully saturated rings. The lowest BCUT2D eigenvalue weighted by molar-refractivity contribution is 0.317. The van der Waals surface area contributed by atoms with Crippen LogP contribution in [0.4, 0.5) is 0 Å². The van der Waals surface area contributed by atoms with E-state index in [1.165, 1.54) is 12.8 Å². The summed E-state index contributed by atoms with van der Waals surface area (Å²) < 4.78 is 11.6. The van der Waals surface area contributed by atoms with Gasteiger partial charge in [-0.15, -0.1) is 24.0 Å². The van der Waals surface area contributed by atoms with Gasteiger partial charge < -0.3 is 20.1 Å². The fourth-order valence-corrected chi connectivity index (χ4v) is 2.48. The maximum absolute atomic E-state index is 5.98. The highest BCUT2D eigenvalue weighted by Gasteiger charge is 2.22. The number of nitrogens with zero attached hydrogens (tertiary/aromatic N) is 2. The van der Waals surface area contributed by atoms with Crippen LogP contribution in [0.3, 0.4) is 0 Å². The molecule has 0 aliphatic heterocycles. The van der Waals surface area contributed by atoms with Crippen LogP contribution in [0.2, 0.25) is 0 Å². The number of aromatic nitrogens is 1. The fraction of sp³-hybridized carbons (Fsp3) is 0.429. The highest BCUT2D eigenvalue weighted by Crippen LogP contribution is 2.25.